The van der Waals surface area contributed by atoms with Gasteiger partial charge < -0.3 is 9.73 Å². The van der Waals surface area contributed by atoms with Crippen molar-refractivity contribution in [3.05, 3.63) is 53.0 Å². The molecule has 118 valence electrons. The zero-order chi connectivity index (χ0) is 16.1. The SMILES string of the molecule is Cc1nc(CNC(=O)[C@@H](C)CCc2ccccc2F)oc1C. The highest BCUT2D eigenvalue weighted by atomic mass is 19.1. The van der Waals surface area contributed by atoms with Crippen LogP contribution in [0.2, 0.25) is 0 Å². The Labute approximate surface area is 129 Å². The van der Waals surface area contributed by atoms with Crippen molar-refractivity contribution in [3.63, 3.8) is 0 Å². The summed E-state index contributed by atoms with van der Waals surface area (Å²) in [7, 11) is 0. The van der Waals surface area contributed by atoms with E-state index in [1.165, 1.54) is 6.07 Å². The fourth-order valence-electron chi connectivity index (χ4n) is 2.16. The van der Waals surface area contributed by atoms with Gasteiger partial charge in [-0.2, -0.15) is 0 Å². The summed E-state index contributed by atoms with van der Waals surface area (Å²) in [5.41, 5.74) is 1.47. The molecule has 0 fully saturated rings. The summed E-state index contributed by atoms with van der Waals surface area (Å²) in [5, 5.41) is 2.80. The van der Waals surface area contributed by atoms with Crippen molar-refractivity contribution in [1.29, 1.82) is 0 Å². The lowest BCUT2D eigenvalue weighted by molar-refractivity contribution is -0.124. The molecule has 0 bridgehead atoms. The number of aromatic nitrogens is 1. The number of carbonyl (C=O) groups is 1. The predicted molar refractivity (Wildman–Crippen MR) is 81.7 cm³/mol. The van der Waals surface area contributed by atoms with Crippen LogP contribution in [-0.4, -0.2) is 10.9 Å². The fraction of sp³-hybridized carbons (Fsp3) is 0.412. The maximum absolute atomic E-state index is 13.5. The molecular weight excluding hydrogens is 283 g/mol. The summed E-state index contributed by atoms with van der Waals surface area (Å²) >= 11 is 0. The summed E-state index contributed by atoms with van der Waals surface area (Å²) in [6.45, 7) is 5.81. The molecule has 1 amide bonds. The predicted octanol–water partition coefficient (Wildman–Crippen LogP) is 3.32. The third kappa shape index (κ3) is 4.16. The molecule has 0 aliphatic carbocycles. The Bertz CT molecular complexity index is 632. The molecule has 5 heteroatoms. The topological polar surface area (TPSA) is 55.1 Å². The first-order valence-electron chi connectivity index (χ1n) is 7.41. The Balaban J connectivity index is 1.81. The first kappa shape index (κ1) is 16.2. The number of nitrogens with one attached hydrogen (secondary N) is 1. The van der Waals surface area contributed by atoms with Gasteiger partial charge in [-0.3, -0.25) is 4.79 Å². The smallest absolute Gasteiger partial charge is 0.223 e. The van der Waals surface area contributed by atoms with Crippen molar-refractivity contribution in [2.45, 2.75) is 40.2 Å². The molecule has 2 rings (SSSR count). The average Bonchev–Trinajstić information content (AvgIpc) is 2.82. The number of benzene rings is 1. The summed E-state index contributed by atoms with van der Waals surface area (Å²) < 4.78 is 18.9. The third-order valence-corrected chi connectivity index (χ3v) is 3.74. The molecule has 1 atom stereocenters. The van der Waals surface area contributed by atoms with Crippen molar-refractivity contribution in [2.75, 3.05) is 0 Å². The maximum atomic E-state index is 13.5. The van der Waals surface area contributed by atoms with E-state index in [9.17, 15) is 9.18 Å². The largest absolute Gasteiger partial charge is 0.444 e. The Morgan fingerprint density at radius 3 is 2.73 bits per heavy atom. The number of aryl methyl sites for hydroxylation is 3. The van der Waals surface area contributed by atoms with Crippen LogP contribution in [0, 0.1) is 25.6 Å². The van der Waals surface area contributed by atoms with Gasteiger partial charge in [0.1, 0.15) is 11.6 Å². The number of hydrogen-bond acceptors (Lipinski definition) is 3. The van der Waals surface area contributed by atoms with Crippen molar-refractivity contribution in [1.82, 2.24) is 10.3 Å². The molecule has 0 saturated carbocycles. The van der Waals surface area contributed by atoms with E-state index in [1.807, 2.05) is 20.8 Å². The molecule has 2 aromatic rings. The molecule has 0 unspecified atom stereocenters. The zero-order valence-corrected chi connectivity index (χ0v) is 13.1. The summed E-state index contributed by atoms with van der Waals surface area (Å²) in [6.07, 6.45) is 1.13. The number of oxazole rings is 1. The van der Waals surface area contributed by atoms with Crippen LogP contribution in [0.3, 0.4) is 0 Å². The summed E-state index contributed by atoms with van der Waals surface area (Å²) in [4.78, 5) is 16.3. The van der Waals surface area contributed by atoms with E-state index in [-0.39, 0.29) is 24.2 Å². The summed E-state index contributed by atoms with van der Waals surface area (Å²) in [5.74, 6) is 0.768. The molecule has 0 radical (unpaired) electrons. The van der Waals surface area contributed by atoms with E-state index in [4.69, 9.17) is 4.42 Å². The van der Waals surface area contributed by atoms with E-state index < -0.39 is 0 Å². The van der Waals surface area contributed by atoms with Crippen LogP contribution >= 0.6 is 0 Å². The van der Waals surface area contributed by atoms with E-state index in [0.717, 1.165) is 11.5 Å². The Morgan fingerprint density at radius 1 is 1.36 bits per heavy atom. The minimum absolute atomic E-state index is 0.0788. The standard InChI is InChI=1S/C17H21FN2O2/c1-11(8-9-14-6-4-5-7-15(14)18)17(21)19-10-16-20-12(2)13(3)22-16/h4-7,11H,8-10H2,1-3H3,(H,19,21)/t11-/m0/s1. The molecular formula is C17H21FN2O2. The van der Waals surface area contributed by atoms with Gasteiger partial charge >= 0.3 is 0 Å². The lowest BCUT2D eigenvalue weighted by atomic mass is 10.00. The number of carbonyl (C=O) groups excluding carboxylic acids is 1. The number of hydrogen-bond donors (Lipinski definition) is 1. The normalized spacial score (nSPS) is 12.2. The first-order valence-corrected chi connectivity index (χ1v) is 7.41. The lowest BCUT2D eigenvalue weighted by Gasteiger charge is -2.11. The highest BCUT2D eigenvalue weighted by molar-refractivity contribution is 5.78. The number of amides is 1. The van der Waals surface area contributed by atoms with Crippen molar-refractivity contribution in [3.8, 4) is 0 Å². The lowest BCUT2D eigenvalue weighted by Crippen LogP contribution is -2.29. The Hall–Kier alpha value is -2.17. The second-order valence-corrected chi connectivity index (χ2v) is 5.50. The van der Waals surface area contributed by atoms with Crippen LogP contribution in [0.15, 0.2) is 28.7 Å². The molecule has 4 nitrogen and oxygen atoms in total. The molecule has 1 aromatic heterocycles. The second-order valence-electron chi connectivity index (χ2n) is 5.50. The monoisotopic (exact) mass is 304 g/mol. The molecule has 22 heavy (non-hydrogen) atoms. The van der Waals surface area contributed by atoms with Crippen molar-refractivity contribution < 1.29 is 13.6 Å². The van der Waals surface area contributed by atoms with Crippen LogP contribution in [0.1, 0.15) is 36.3 Å². The number of rotatable bonds is 6. The fourth-order valence-corrected chi connectivity index (χ4v) is 2.16. The van der Waals surface area contributed by atoms with E-state index in [2.05, 4.69) is 10.3 Å². The van der Waals surface area contributed by atoms with Gasteiger partial charge in [0.2, 0.25) is 11.8 Å². The molecule has 0 spiro atoms. The van der Waals surface area contributed by atoms with Gasteiger partial charge in [-0.1, -0.05) is 25.1 Å². The van der Waals surface area contributed by atoms with Gasteiger partial charge in [0.15, 0.2) is 0 Å². The van der Waals surface area contributed by atoms with E-state index in [0.29, 0.717) is 24.3 Å². The molecule has 1 heterocycles. The zero-order valence-electron chi connectivity index (χ0n) is 13.1. The minimum Gasteiger partial charge on any atom is -0.444 e. The van der Waals surface area contributed by atoms with Crippen LogP contribution in [0.25, 0.3) is 0 Å². The van der Waals surface area contributed by atoms with Gasteiger partial charge in [-0.25, -0.2) is 9.37 Å². The van der Waals surface area contributed by atoms with Gasteiger partial charge in [-0.15, -0.1) is 0 Å². The highest BCUT2D eigenvalue weighted by Gasteiger charge is 2.15. The van der Waals surface area contributed by atoms with Gasteiger partial charge in [0.05, 0.1) is 12.2 Å². The second kappa shape index (κ2) is 7.20. The van der Waals surface area contributed by atoms with Crippen molar-refractivity contribution in [2.24, 2.45) is 5.92 Å². The summed E-state index contributed by atoms with van der Waals surface area (Å²) in [6, 6.07) is 6.65. The quantitative estimate of drug-likeness (QED) is 0.890. The van der Waals surface area contributed by atoms with E-state index in [1.54, 1.807) is 18.2 Å². The number of halogens is 1. The maximum Gasteiger partial charge on any atom is 0.223 e. The van der Waals surface area contributed by atoms with Crippen LogP contribution in [0.5, 0.6) is 0 Å². The Morgan fingerprint density at radius 2 is 2.09 bits per heavy atom. The van der Waals surface area contributed by atoms with Crippen LogP contribution < -0.4 is 5.32 Å². The van der Waals surface area contributed by atoms with Gasteiger partial charge in [-0.05, 0) is 38.3 Å². The molecule has 0 saturated heterocycles. The number of nitrogens with zero attached hydrogens (tertiary/aromatic N) is 1. The highest BCUT2D eigenvalue weighted by Crippen LogP contribution is 2.13. The molecule has 0 aliphatic heterocycles. The first-order chi connectivity index (χ1) is 10.5. The average molecular weight is 304 g/mol. The third-order valence-electron chi connectivity index (χ3n) is 3.74. The van der Waals surface area contributed by atoms with Gasteiger partial charge in [0, 0.05) is 5.92 Å². The van der Waals surface area contributed by atoms with Crippen LogP contribution in [0.4, 0.5) is 4.39 Å². The van der Waals surface area contributed by atoms with Crippen molar-refractivity contribution >= 4 is 5.91 Å². The Kier molecular flexibility index (Phi) is 5.31. The van der Waals surface area contributed by atoms with E-state index >= 15 is 0 Å². The van der Waals surface area contributed by atoms with Gasteiger partial charge in [0.25, 0.3) is 0 Å². The molecule has 1 N–H and O–H groups in total. The molecule has 1 aromatic carbocycles. The molecule has 0 aliphatic rings. The van der Waals surface area contributed by atoms with Crippen LogP contribution in [-0.2, 0) is 17.8 Å². The minimum atomic E-state index is -0.221.